The van der Waals surface area contributed by atoms with Gasteiger partial charge in [0.1, 0.15) is 5.75 Å². The second-order valence-electron chi connectivity index (χ2n) is 5.57. The standard InChI is InChI=1S/C16H21ClO3/c1-10-4-6-13(7-5-10)20-15-9-12(17)8-14(11(15)2)16(18)19-3/h8-10,13H,4-7H2,1-3H3. The quantitative estimate of drug-likeness (QED) is 0.776. The van der Waals surface area contributed by atoms with Crippen LogP contribution in [0.5, 0.6) is 5.75 Å². The maximum absolute atomic E-state index is 11.7. The number of esters is 1. The molecule has 1 saturated carbocycles. The first-order valence-corrected chi connectivity index (χ1v) is 7.44. The topological polar surface area (TPSA) is 35.5 Å². The molecule has 0 amide bonds. The fourth-order valence-corrected chi connectivity index (χ4v) is 2.83. The first-order chi connectivity index (χ1) is 9.51. The summed E-state index contributed by atoms with van der Waals surface area (Å²) in [6, 6.07) is 3.40. The Labute approximate surface area is 125 Å². The van der Waals surface area contributed by atoms with Gasteiger partial charge in [-0.1, -0.05) is 18.5 Å². The molecule has 4 heteroatoms. The average molecular weight is 297 g/mol. The van der Waals surface area contributed by atoms with Gasteiger partial charge < -0.3 is 9.47 Å². The van der Waals surface area contributed by atoms with Crippen molar-refractivity contribution in [1.29, 1.82) is 0 Å². The van der Waals surface area contributed by atoms with Gasteiger partial charge in [-0.25, -0.2) is 4.79 Å². The molecular weight excluding hydrogens is 276 g/mol. The highest BCUT2D eigenvalue weighted by Crippen LogP contribution is 2.32. The van der Waals surface area contributed by atoms with E-state index < -0.39 is 0 Å². The molecule has 0 heterocycles. The van der Waals surface area contributed by atoms with Gasteiger partial charge in [0.2, 0.25) is 0 Å². The summed E-state index contributed by atoms with van der Waals surface area (Å²) in [5.74, 6) is 1.09. The summed E-state index contributed by atoms with van der Waals surface area (Å²) in [5, 5.41) is 0.496. The molecular formula is C16H21ClO3. The summed E-state index contributed by atoms with van der Waals surface area (Å²) >= 11 is 6.08. The van der Waals surface area contributed by atoms with E-state index in [1.54, 1.807) is 12.1 Å². The molecule has 0 atom stereocenters. The predicted octanol–water partition coefficient (Wildman–Crippen LogP) is 4.39. The van der Waals surface area contributed by atoms with Crippen molar-refractivity contribution in [2.45, 2.75) is 45.6 Å². The zero-order chi connectivity index (χ0) is 14.7. The summed E-state index contributed by atoms with van der Waals surface area (Å²) in [6.45, 7) is 4.14. The third-order valence-corrected chi connectivity index (χ3v) is 4.20. The van der Waals surface area contributed by atoms with Gasteiger partial charge in [-0.2, -0.15) is 0 Å². The predicted molar refractivity (Wildman–Crippen MR) is 79.6 cm³/mol. The molecule has 20 heavy (non-hydrogen) atoms. The molecule has 1 aromatic rings. The minimum atomic E-state index is -0.382. The van der Waals surface area contributed by atoms with Crippen molar-refractivity contribution in [3.05, 3.63) is 28.3 Å². The van der Waals surface area contributed by atoms with Gasteiger partial charge in [-0.3, -0.25) is 0 Å². The van der Waals surface area contributed by atoms with Gasteiger partial charge in [-0.15, -0.1) is 0 Å². The highest BCUT2D eigenvalue weighted by atomic mass is 35.5. The van der Waals surface area contributed by atoms with Gasteiger partial charge in [0.05, 0.1) is 18.8 Å². The Morgan fingerprint density at radius 1 is 1.25 bits per heavy atom. The largest absolute Gasteiger partial charge is 0.490 e. The van der Waals surface area contributed by atoms with Crippen molar-refractivity contribution in [3.63, 3.8) is 0 Å². The SMILES string of the molecule is COC(=O)c1cc(Cl)cc(OC2CCC(C)CC2)c1C. The maximum atomic E-state index is 11.7. The second kappa shape index (κ2) is 6.49. The molecule has 0 bridgehead atoms. The zero-order valence-corrected chi connectivity index (χ0v) is 13.0. The number of hydrogen-bond acceptors (Lipinski definition) is 3. The van der Waals surface area contributed by atoms with Crippen LogP contribution in [-0.4, -0.2) is 19.2 Å². The average Bonchev–Trinajstić information content (AvgIpc) is 2.44. The van der Waals surface area contributed by atoms with Gasteiger partial charge in [-0.05, 0) is 50.7 Å². The lowest BCUT2D eigenvalue weighted by Gasteiger charge is -2.27. The van der Waals surface area contributed by atoms with E-state index in [2.05, 4.69) is 6.92 Å². The molecule has 0 unspecified atom stereocenters. The number of halogens is 1. The maximum Gasteiger partial charge on any atom is 0.338 e. The number of ether oxygens (including phenoxy) is 2. The minimum absolute atomic E-state index is 0.217. The van der Waals surface area contributed by atoms with Gasteiger partial charge >= 0.3 is 5.97 Å². The van der Waals surface area contributed by atoms with E-state index in [0.717, 1.165) is 24.3 Å². The van der Waals surface area contributed by atoms with Crippen molar-refractivity contribution in [3.8, 4) is 5.75 Å². The molecule has 3 nitrogen and oxygen atoms in total. The lowest BCUT2D eigenvalue weighted by Crippen LogP contribution is -2.23. The molecule has 0 spiro atoms. The van der Waals surface area contributed by atoms with Gasteiger partial charge in [0, 0.05) is 10.6 Å². The van der Waals surface area contributed by atoms with Crippen LogP contribution in [0.1, 0.15) is 48.5 Å². The number of benzene rings is 1. The molecule has 1 fully saturated rings. The van der Waals surface area contributed by atoms with Crippen LogP contribution in [-0.2, 0) is 4.74 Å². The molecule has 0 aromatic heterocycles. The van der Waals surface area contributed by atoms with Crippen LogP contribution < -0.4 is 4.74 Å². The van der Waals surface area contributed by atoms with Crippen molar-refractivity contribution < 1.29 is 14.3 Å². The lowest BCUT2D eigenvalue weighted by molar-refractivity contribution is 0.0598. The molecule has 1 aliphatic carbocycles. The van der Waals surface area contributed by atoms with Crippen LogP contribution in [0.25, 0.3) is 0 Å². The Morgan fingerprint density at radius 2 is 1.90 bits per heavy atom. The molecule has 1 aromatic carbocycles. The van der Waals surface area contributed by atoms with E-state index in [-0.39, 0.29) is 12.1 Å². The number of rotatable bonds is 3. The molecule has 0 aliphatic heterocycles. The summed E-state index contributed by atoms with van der Waals surface area (Å²) in [4.78, 5) is 11.7. The summed E-state index contributed by atoms with van der Waals surface area (Å²) in [7, 11) is 1.37. The zero-order valence-electron chi connectivity index (χ0n) is 12.2. The van der Waals surface area contributed by atoms with Crippen molar-refractivity contribution in [2.24, 2.45) is 5.92 Å². The first-order valence-electron chi connectivity index (χ1n) is 7.06. The normalized spacial score (nSPS) is 22.4. The summed E-state index contributed by atoms with van der Waals surface area (Å²) < 4.78 is 10.8. The van der Waals surface area contributed by atoms with Crippen LogP contribution in [0.2, 0.25) is 5.02 Å². The molecule has 110 valence electrons. The molecule has 1 aliphatic rings. The Kier molecular flexibility index (Phi) is 4.92. The first kappa shape index (κ1) is 15.2. The fraction of sp³-hybridized carbons (Fsp3) is 0.562. The number of carbonyl (C=O) groups is 1. The highest BCUT2D eigenvalue weighted by Gasteiger charge is 2.22. The third kappa shape index (κ3) is 3.45. The lowest BCUT2D eigenvalue weighted by atomic mass is 9.89. The molecule has 2 rings (SSSR count). The smallest absolute Gasteiger partial charge is 0.338 e. The van der Waals surface area contributed by atoms with Crippen LogP contribution in [0.15, 0.2) is 12.1 Å². The van der Waals surface area contributed by atoms with Crippen LogP contribution in [0.3, 0.4) is 0 Å². The highest BCUT2D eigenvalue weighted by molar-refractivity contribution is 6.31. The number of methoxy groups -OCH3 is 1. The number of hydrogen-bond donors (Lipinski definition) is 0. The van der Waals surface area contributed by atoms with E-state index in [1.165, 1.54) is 20.0 Å². The van der Waals surface area contributed by atoms with E-state index in [1.807, 2.05) is 6.92 Å². The minimum Gasteiger partial charge on any atom is -0.490 e. The Bertz CT molecular complexity index is 491. The summed E-state index contributed by atoms with van der Waals surface area (Å²) in [5.41, 5.74) is 1.26. The monoisotopic (exact) mass is 296 g/mol. The van der Waals surface area contributed by atoms with Crippen molar-refractivity contribution >= 4 is 17.6 Å². The van der Waals surface area contributed by atoms with Crippen LogP contribution >= 0.6 is 11.6 Å². The van der Waals surface area contributed by atoms with E-state index in [4.69, 9.17) is 21.1 Å². The molecule has 0 N–H and O–H groups in total. The summed E-state index contributed by atoms with van der Waals surface area (Å²) in [6.07, 6.45) is 4.71. The van der Waals surface area contributed by atoms with E-state index >= 15 is 0 Å². The van der Waals surface area contributed by atoms with Crippen LogP contribution in [0, 0.1) is 12.8 Å². The van der Waals surface area contributed by atoms with E-state index in [9.17, 15) is 4.79 Å². The fourth-order valence-electron chi connectivity index (χ4n) is 2.63. The van der Waals surface area contributed by atoms with Gasteiger partial charge in [0.25, 0.3) is 0 Å². The Hall–Kier alpha value is -1.22. The Balaban J connectivity index is 2.19. The van der Waals surface area contributed by atoms with Crippen molar-refractivity contribution in [2.75, 3.05) is 7.11 Å². The molecule has 0 radical (unpaired) electrons. The van der Waals surface area contributed by atoms with Gasteiger partial charge in [0.15, 0.2) is 0 Å². The second-order valence-corrected chi connectivity index (χ2v) is 6.00. The Morgan fingerprint density at radius 3 is 2.50 bits per heavy atom. The van der Waals surface area contributed by atoms with Crippen LogP contribution in [0.4, 0.5) is 0 Å². The number of carbonyl (C=O) groups excluding carboxylic acids is 1. The third-order valence-electron chi connectivity index (χ3n) is 3.99. The molecule has 0 saturated heterocycles. The van der Waals surface area contributed by atoms with E-state index in [0.29, 0.717) is 16.3 Å². The van der Waals surface area contributed by atoms with Crippen molar-refractivity contribution in [1.82, 2.24) is 0 Å².